The van der Waals surface area contributed by atoms with Crippen LogP contribution in [0.25, 0.3) is 0 Å². The lowest BCUT2D eigenvalue weighted by molar-refractivity contribution is 0.102. The molecule has 5 nitrogen and oxygen atoms in total. The molecule has 2 aromatic rings. The Morgan fingerprint density at radius 3 is 2.70 bits per heavy atom. The van der Waals surface area contributed by atoms with E-state index in [4.69, 9.17) is 5.73 Å². The number of rotatable bonds is 3. The summed E-state index contributed by atoms with van der Waals surface area (Å²) in [6, 6.07) is 9.19. The second-order valence-electron chi connectivity index (χ2n) is 4.83. The second-order valence-corrected chi connectivity index (χ2v) is 4.83. The van der Waals surface area contributed by atoms with Crippen molar-refractivity contribution in [3.63, 3.8) is 0 Å². The van der Waals surface area contributed by atoms with Crippen LogP contribution >= 0.6 is 0 Å². The summed E-state index contributed by atoms with van der Waals surface area (Å²) in [4.78, 5) is 18.3. The Kier molecular flexibility index (Phi) is 3.89. The fraction of sp³-hybridized carbons (Fsp3) is 0.200. The number of benzene rings is 1. The van der Waals surface area contributed by atoms with Gasteiger partial charge in [0.05, 0.1) is 11.9 Å². The van der Waals surface area contributed by atoms with Crippen molar-refractivity contribution in [3.05, 3.63) is 47.7 Å². The summed E-state index contributed by atoms with van der Waals surface area (Å²) in [5, 5.41) is 2.80. The first-order valence-corrected chi connectivity index (χ1v) is 6.28. The lowest BCUT2D eigenvalue weighted by Gasteiger charge is -2.13. The number of aryl methyl sites for hydroxylation is 1. The summed E-state index contributed by atoms with van der Waals surface area (Å²) in [6.45, 7) is 1.86. The molecule has 1 heterocycles. The van der Waals surface area contributed by atoms with Gasteiger partial charge in [0, 0.05) is 25.3 Å². The summed E-state index contributed by atoms with van der Waals surface area (Å²) >= 11 is 0. The van der Waals surface area contributed by atoms with Gasteiger partial charge in [-0.1, -0.05) is 6.07 Å². The third-order valence-corrected chi connectivity index (χ3v) is 2.96. The molecule has 0 spiro atoms. The quantitative estimate of drug-likeness (QED) is 0.897. The maximum absolute atomic E-state index is 12.2. The van der Waals surface area contributed by atoms with Crippen molar-refractivity contribution in [2.75, 3.05) is 30.0 Å². The van der Waals surface area contributed by atoms with Gasteiger partial charge in [-0.05, 0) is 36.8 Å². The molecule has 1 aromatic heterocycles. The zero-order valence-electron chi connectivity index (χ0n) is 11.8. The van der Waals surface area contributed by atoms with Gasteiger partial charge in [-0.15, -0.1) is 0 Å². The number of nitrogen functional groups attached to an aromatic ring is 1. The first-order chi connectivity index (χ1) is 9.47. The van der Waals surface area contributed by atoms with Gasteiger partial charge in [0.1, 0.15) is 5.82 Å². The Balaban J connectivity index is 2.21. The van der Waals surface area contributed by atoms with E-state index in [2.05, 4.69) is 10.3 Å². The van der Waals surface area contributed by atoms with Crippen LogP contribution < -0.4 is 16.0 Å². The normalized spacial score (nSPS) is 10.2. The van der Waals surface area contributed by atoms with E-state index in [1.807, 2.05) is 44.1 Å². The zero-order valence-corrected chi connectivity index (χ0v) is 11.8. The molecule has 2 rings (SSSR count). The van der Waals surface area contributed by atoms with Crippen LogP contribution in [-0.2, 0) is 0 Å². The number of carbonyl (C=O) groups excluding carboxylic acids is 1. The molecule has 0 aliphatic heterocycles. The summed E-state index contributed by atoms with van der Waals surface area (Å²) in [5.41, 5.74) is 8.62. The largest absolute Gasteiger partial charge is 0.397 e. The molecule has 0 aliphatic carbocycles. The molecule has 0 saturated carbocycles. The molecule has 0 unspecified atom stereocenters. The van der Waals surface area contributed by atoms with Crippen molar-refractivity contribution in [1.82, 2.24) is 4.98 Å². The number of nitrogens with zero attached hydrogens (tertiary/aromatic N) is 2. The van der Waals surface area contributed by atoms with Gasteiger partial charge in [-0.3, -0.25) is 4.79 Å². The van der Waals surface area contributed by atoms with Crippen LogP contribution in [0.2, 0.25) is 0 Å². The molecule has 1 amide bonds. The predicted octanol–water partition coefficient (Wildman–Crippen LogP) is 2.29. The number of anilines is 3. The van der Waals surface area contributed by atoms with E-state index in [1.165, 1.54) is 6.20 Å². The van der Waals surface area contributed by atoms with Crippen LogP contribution in [0.1, 0.15) is 15.9 Å². The molecule has 0 saturated heterocycles. The summed E-state index contributed by atoms with van der Waals surface area (Å²) in [6.07, 6.45) is 1.53. The fourth-order valence-electron chi connectivity index (χ4n) is 1.83. The lowest BCUT2D eigenvalue weighted by Crippen LogP contribution is -2.15. The molecular weight excluding hydrogens is 252 g/mol. The van der Waals surface area contributed by atoms with Crippen LogP contribution in [0.15, 0.2) is 36.5 Å². The highest BCUT2D eigenvalue weighted by atomic mass is 16.1. The van der Waals surface area contributed by atoms with Crippen molar-refractivity contribution < 1.29 is 4.79 Å². The van der Waals surface area contributed by atoms with Gasteiger partial charge >= 0.3 is 0 Å². The molecule has 0 fully saturated rings. The summed E-state index contributed by atoms with van der Waals surface area (Å²) in [5.74, 6) is 0.341. The molecular formula is C15H18N4O. The number of pyridine rings is 1. The van der Waals surface area contributed by atoms with E-state index < -0.39 is 0 Å². The number of amides is 1. The number of nitrogens with one attached hydrogen (secondary N) is 1. The SMILES string of the molecule is Cc1cc(N)cnc1NC(=O)c1cccc(N(C)C)c1. The smallest absolute Gasteiger partial charge is 0.256 e. The standard InChI is InChI=1S/C15H18N4O/c1-10-7-12(16)9-17-14(10)18-15(20)11-5-4-6-13(8-11)19(2)3/h4-9H,16H2,1-3H3,(H,17,18,20). The lowest BCUT2D eigenvalue weighted by atomic mass is 10.1. The number of hydrogen-bond acceptors (Lipinski definition) is 4. The van der Waals surface area contributed by atoms with Crippen molar-refractivity contribution >= 4 is 23.1 Å². The summed E-state index contributed by atoms with van der Waals surface area (Å²) < 4.78 is 0. The van der Waals surface area contributed by atoms with E-state index in [1.54, 1.807) is 12.1 Å². The molecule has 1 aromatic carbocycles. The van der Waals surface area contributed by atoms with E-state index in [9.17, 15) is 4.79 Å². The first-order valence-electron chi connectivity index (χ1n) is 6.28. The zero-order chi connectivity index (χ0) is 14.7. The first kappa shape index (κ1) is 13.9. The minimum atomic E-state index is -0.186. The predicted molar refractivity (Wildman–Crippen MR) is 82.1 cm³/mol. The Hall–Kier alpha value is -2.56. The van der Waals surface area contributed by atoms with Crippen LogP contribution in [0.5, 0.6) is 0 Å². The highest BCUT2D eigenvalue weighted by molar-refractivity contribution is 6.04. The third-order valence-electron chi connectivity index (χ3n) is 2.96. The summed E-state index contributed by atoms with van der Waals surface area (Å²) in [7, 11) is 3.87. The maximum atomic E-state index is 12.2. The Morgan fingerprint density at radius 2 is 2.05 bits per heavy atom. The Morgan fingerprint density at radius 1 is 1.30 bits per heavy atom. The molecule has 20 heavy (non-hydrogen) atoms. The van der Waals surface area contributed by atoms with Crippen LogP contribution in [0, 0.1) is 6.92 Å². The minimum Gasteiger partial charge on any atom is -0.397 e. The molecule has 3 N–H and O–H groups in total. The highest BCUT2D eigenvalue weighted by Gasteiger charge is 2.10. The van der Waals surface area contributed by atoms with Gasteiger partial charge in [-0.25, -0.2) is 4.98 Å². The van der Waals surface area contributed by atoms with Crippen LogP contribution in [-0.4, -0.2) is 25.0 Å². The third kappa shape index (κ3) is 3.06. The number of nitrogens with two attached hydrogens (primary N) is 1. The molecule has 0 radical (unpaired) electrons. The van der Waals surface area contributed by atoms with Crippen LogP contribution in [0.3, 0.4) is 0 Å². The highest BCUT2D eigenvalue weighted by Crippen LogP contribution is 2.17. The molecule has 0 aliphatic rings. The molecule has 5 heteroatoms. The number of hydrogen-bond donors (Lipinski definition) is 2. The van der Waals surface area contributed by atoms with E-state index in [-0.39, 0.29) is 5.91 Å². The number of carbonyl (C=O) groups is 1. The van der Waals surface area contributed by atoms with Gasteiger partial charge in [0.2, 0.25) is 0 Å². The fourth-order valence-corrected chi connectivity index (χ4v) is 1.83. The van der Waals surface area contributed by atoms with Gasteiger partial charge < -0.3 is 16.0 Å². The Labute approximate surface area is 118 Å². The topological polar surface area (TPSA) is 71.2 Å². The van der Waals surface area contributed by atoms with E-state index >= 15 is 0 Å². The van der Waals surface area contributed by atoms with Gasteiger partial charge in [-0.2, -0.15) is 0 Å². The van der Waals surface area contributed by atoms with Crippen molar-refractivity contribution in [2.45, 2.75) is 6.92 Å². The minimum absolute atomic E-state index is 0.186. The molecule has 0 atom stereocenters. The average Bonchev–Trinajstić information content (AvgIpc) is 2.42. The van der Waals surface area contributed by atoms with E-state index in [0.29, 0.717) is 17.1 Å². The Bertz CT molecular complexity index is 638. The molecule has 0 bridgehead atoms. The van der Waals surface area contributed by atoms with Crippen molar-refractivity contribution in [3.8, 4) is 0 Å². The second kappa shape index (κ2) is 5.61. The van der Waals surface area contributed by atoms with Gasteiger partial charge in [0.15, 0.2) is 0 Å². The monoisotopic (exact) mass is 270 g/mol. The maximum Gasteiger partial charge on any atom is 0.256 e. The van der Waals surface area contributed by atoms with E-state index in [0.717, 1.165) is 11.3 Å². The molecule has 104 valence electrons. The average molecular weight is 270 g/mol. The van der Waals surface area contributed by atoms with Crippen LogP contribution in [0.4, 0.5) is 17.2 Å². The van der Waals surface area contributed by atoms with Crippen molar-refractivity contribution in [1.29, 1.82) is 0 Å². The van der Waals surface area contributed by atoms with Gasteiger partial charge in [0.25, 0.3) is 5.91 Å². The van der Waals surface area contributed by atoms with Crippen molar-refractivity contribution in [2.24, 2.45) is 0 Å². The number of aromatic nitrogens is 1.